The smallest absolute Gasteiger partial charge is 0.233 e. The minimum absolute atomic E-state index is 0.164. The second-order valence-corrected chi connectivity index (χ2v) is 5.89. The molecule has 0 spiro atoms. The Morgan fingerprint density at radius 1 is 1.38 bits per heavy atom. The van der Waals surface area contributed by atoms with E-state index in [1.54, 1.807) is 42.7 Å². The van der Waals surface area contributed by atoms with E-state index in [2.05, 4.69) is 5.32 Å². The number of furan rings is 1. The van der Waals surface area contributed by atoms with Gasteiger partial charge in [-0.25, -0.2) is 0 Å². The van der Waals surface area contributed by atoms with Crippen LogP contribution in [0.3, 0.4) is 0 Å². The van der Waals surface area contributed by atoms with Crippen LogP contribution in [0.5, 0.6) is 5.75 Å². The van der Waals surface area contributed by atoms with Gasteiger partial charge in [0.15, 0.2) is 0 Å². The highest BCUT2D eigenvalue weighted by molar-refractivity contribution is 5.98. The zero-order valence-corrected chi connectivity index (χ0v) is 13.6. The van der Waals surface area contributed by atoms with Gasteiger partial charge in [0.1, 0.15) is 11.5 Å². The summed E-state index contributed by atoms with van der Waals surface area (Å²) in [5.74, 6) is 1.25. The van der Waals surface area contributed by atoms with E-state index >= 15 is 0 Å². The molecule has 1 atom stereocenters. The number of anilines is 1. The van der Waals surface area contributed by atoms with Crippen molar-refractivity contribution in [2.75, 3.05) is 11.9 Å². The molecule has 1 aromatic carbocycles. The average Bonchev–Trinajstić information content (AvgIpc) is 3.24. The molecule has 3 rings (SSSR count). The maximum atomic E-state index is 12.6. The Bertz CT molecular complexity index is 699. The number of aliphatic hydroxyl groups excluding tert-OH is 1. The van der Waals surface area contributed by atoms with Crippen LogP contribution in [0.2, 0.25) is 0 Å². The summed E-state index contributed by atoms with van der Waals surface area (Å²) in [6, 6.07) is 10.8. The summed E-state index contributed by atoms with van der Waals surface area (Å²) in [5, 5.41) is 13.3. The van der Waals surface area contributed by atoms with E-state index in [4.69, 9.17) is 9.15 Å². The monoisotopic (exact) mass is 327 g/mol. The molecule has 5 nitrogen and oxygen atoms in total. The third-order valence-corrected chi connectivity index (χ3v) is 4.22. The maximum absolute atomic E-state index is 12.6. The predicted octanol–water partition coefficient (Wildman–Crippen LogP) is 3.47. The normalized spacial score (nSPS) is 16.8. The molecule has 1 saturated carbocycles. The van der Waals surface area contributed by atoms with E-state index in [9.17, 15) is 9.90 Å². The fourth-order valence-corrected chi connectivity index (χ4v) is 2.60. The predicted molar refractivity (Wildman–Crippen MR) is 91.7 cm³/mol. The van der Waals surface area contributed by atoms with Gasteiger partial charge in [0.25, 0.3) is 0 Å². The van der Waals surface area contributed by atoms with Crippen molar-refractivity contribution in [3.8, 4) is 5.75 Å². The Balaban J connectivity index is 1.63. The van der Waals surface area contributed by atoms with Crippen LogP contribution in [0.15, 0.2) is 53.2 Å². The molecular weight excluding hydrogens is 306 g/mol. The standard InChI is InChI=1S/C19H21NO4/c1-2-23-16-7-5-14(6-8-16)20-18(22)19(11-12-19)17(21)10-9-15-4-3-13-24-15/h3-10,13,17,21H,2,11-12H2,1H3,(H,20,22)/b10-9+. The molecule has 1 aliphatic carbocycles. The number of hydrogen-bond acceptors (Lipinski definition) is 4. The lowest BCUT2D eigenvalue weighted by molar-refractivity contribution is -0.124. The average molecular weight is 327 g/mol. The Morgan fingerprint density at radius 3 is 2.71 bits per heavy atom. The molecule has 1 heterocycles. The lowest BCUT2D eigenvalue weighted by Crippen LogP contribution is -2.33. The van der Waals surface area contributed by atoms with Crippen LogP contribution in [0.4, 0.5) is 5.69 Å². The molecule has 126 valence electrons. The number of carbonyl (C=O) groups excluding carboxylic acids is 1. The van der Waals surface area contributed by atoms with Gasteiger partial charge in [0.2, 0.25) is 5.91 Å². The fourth-order valence-electron chi connectivity index (χ4n) is 2.60. The number of amides is 1. The van der Waals surface area contributed by atoms with Crippen molar-refractivity contribution in [2.24, 2.45) is 5.41 Å². The molecule has 0 bridgehead atoms. The van der Waals surface area contributed by atoms with Crippen LogP contribution in [0, 0.1) is 5.41 Å². The molecule has 0 aliphatic heterocycles. The van der Waals surface area contributed by atoms with Gasteiger partial charge < -0.3 is 19.6 Å². The number of aliphatic hydroxyl groups is 1. The quantitative estimate of drug-likeness (QED) is 0.817. The van der Waals surface area contributed by atoms with Crippen molar-refractivity contribution in [1.29, 1.82) is 0 Å². The van der Waals surface area contributed by atoms with E-state index in [1.807, 2.05) is 19.1 Å². The minimum atomic E-state index is -0.842. The maximum Gasteiger partial charge on any atom is 0.233 e. The summed E-state index contributed by atoms with van der Waals surface area (Å²) in [6.07, 6.45) is 5.36. The highest BCUT2D eigenvalue weighted by atomic mass is 16.5. The van der Waals surface area contributed by atoms with Crippen molar-refractivity contribution < 1.29 is 19.1 Å². The van der Waals surface area contributed by atoms with Gasteiger partial charge in [-0.15, -0.1) is 0 Å². The Morgan fingerprint density at radius 2 is 2.12 bits per heavy atom. The van der Waals surface area contributed by atoms with Gasteiger partial charge in [-0.3, -0.25) is 4.79 Å². The SMILES string of the molecule is CCOc1ccc(NC(=O)C2(C(O)/C=C/c3ccco3)CC2)cc1. The van der Waals surface area contributed by atoms with Gasteiger partial charge in [-0.2, -0.15) is 0 Å². The number of benzene rings is 1. The molecule has 2 N–H and O–H groups in total. The molecule has 24 heavy (non-hydrogen) atoms. The molecule has 0 radical (unpaired) electrons. The molecule has 5 heteroatoms. The van der Waals surface area contributed by atoms with Gasteiger partial charge in [-0.1, -0.05) is 6.08 Å². The number of rotatable bonds is 7. The van der Waals surface area contributed by atoms with Crippen LogP contribution in [0.1, 0.15) is 25.5 Å². The van der Waals surface area contributed by atoms with Gasteiger partial charge in [-0.05, 0) is 62.2 Å². The van der Waals surface area contributed by atoms with Crippen LogP contribution in [-0.4, -0.2) is 23.7 Å². The van der Waals surface area contributed by atoms with Crippen LogP contribution < -0.4 is 10.1 Å². The van der Waals surface area contributed by atoms with E-state index in [0.717, 1.165) is 5.75 Å². The highest BCUT2D eigenvalue weighted by Crippen LogP contribution is 2.50. The van der Waals surface area contributed by atoms with E-state index in [1.165, 1.54) is 0 Å². The second-order valence-electron chi connectivity index (χ2n) is 5.89. The first-order chi connectivity index (χ1) is 11.6. The number of nitrogens with one attached hydrogen (secondary N) is 1. The molecule has 1 amide bonds. The lowest BCUT2D eigenvalue weighted by atomic mass is 9.97. The van der Waals surface area contributed by atoms with Gasteiger partial charge in [0, 0.05) is 5.69 Å². The molecule has 1 fully saturated rings. The zero-order valence-electron chi connectivity index (χ0n) is 13.6. The lowest BCUT2D eigenvalue weighted by Gasteiger charge is -2.19. The summed E-state index contributed by atoms with van der Waals surface area (Å²) < 4.78 is 10.6. The Hall–Kier alpha value is -2.53. The molecule has 1 unspecified atom stereocenters. The Kier molecular flexibility index (Phi) is 4.71. The third-order valence-electron chi connectivity index (χ3n) is 4.22. The summed E-state index contributed by atoms with van der Waals surface area (Å²) >= 11 is 0. The summed E-state index contributed by atoms with van der Waals surface area (Å²) in [6.45, 7) is 2.52. The van der Waals surface area contributed by atoms with Crippen molar-refractivity contribution in [3.63, 3.8) is 0 Å². The second kappa shape index (κ2) is 6.93. The first kappa shape index (κ1) is 16.3. The molecular formula is C19H21NO4. The zero-order chi connectivity index (χ0) is 17.0. The summed E-state index contributed by atoms with van der Waals surface area (Å²) in [7, 11) is 0. The number of carbonyl (C=O) groups is 1. The summed E-state index contributed by atoms with van der Waals surface area (Å²) in [4.78, 5) is 12.6. The van der Waals surface area contributed by atoms with Crippen molar-refractivity contribution in [3.05, 3.63) is 54.5 Å². The van der Waals surface area contributed by atoms with Crippen LogP contribution >= 0.6 is 0 Å². The molecule has 1 aliphatic rings. The topological polar surface area (TPSA) is 71.7 Å². The third kappa shape index (κ3) is 3.51. The Labute approximate surface area is 140 Å². The van der Waals surface area contributed by atoms with E-state index in [0.29, 0.717) is 30.9 Å². The summed E-state index contributed by atoms with van der Waals surface area (Å²) in [5.41, 5.74) is -0.0567. The minimum Gasteiger partial charge on any atom is -0.494 e. The highest BCUT2D eigenvalue weighted by Gasteiger charge is 2.54. The van der Waals surface area contributed by atoms with Gasteiger partial charge in [0.05, 0.1) is 24.4 Å². The molecule has 0 saturated heterocycles. The van der Waals surface area contributed by atoms with Crippen LogP contribution in [0.25, 0.3) is 6.08 Å². The number of hydrogen-bond donors (Lipinski definition) is 2. The van der Waals surface area contributed by atoms with Crippen LogP contribution in [-0.2, 0) is 4.79 Å². The van der Waals surface area contributed by atoms with Crippen molar-refractivity contribution in [2.45, 2.75) is 25.9 Å². The first-order valence-electron chi connectivity index (χ1n) is 8.08. The first-order valence-corrected chi connectivity index (χ1v) is 8.08. The largest absolute Gasteiger partial charge is 0.494 e. The molecule has 1 aromatic heterocycles. The van der Waals surface area contributed by atoms with Crippen molar-refractivity contribution in [1.82, 2.24) is 0 Å². The van der Waals surface area contributed by atoms with Gasteiger partial charge >= 0.3 is 0 Å². The van der Waals surface area contributed by atoms with E-state index < -0.39 is 11.5 Å². The van der Waals surface area contributed by atoms with Crippen molar-refractivity contribution >= 4 is 17.7 Å². The van der Waals surface area contributed by atoms with E-state index in [-0.39, 0.29) is 5.91 Å². The fraction of sp³-hybridized carbons (Fsp3) is 0.316. The molecule has 2 aromatic rings. The number of ether oxygens (including phenoxy) is 1.